The summed E-state index contributed by atoms with van der Waals surface area (Å²) in [4.78, 5) is 18.8. The molecule has 0 aromatic rings. The lowest BCUT2D eigenvalue weighted by molar-refractivity contribution is -0.133. The average molecular weight is 367 g/mol. The second kappa shape index (κ2) is 11.1. The van der Waals surface area contributed by atoms with Gasteiger partial charge in [0, 0.05) is 25.3 Å². The van der Waals surface area contributed by atoms with Gasteiger partial charge in [0.1, 0.15) is 0 Å². The molecule has 0 saturated carbocycles. The van der Waals surface area contributed by atoms with Gasteiger partial charge in [-0.15, -0.1) is 18.3 Å². The number of thioether (sulfide) groups is 1. The van der Waals surface area contributed by atoms with E-state index in [4.69, 9.17) is 4.99 Å². The van der Waals surface area contributed by atoms with E-state index in [9.17, 15) is 4.79 Å². The van der Waals surface area contributed by atoms with Crippen LogP contribution in [0.15, 0.2) is 17.6 Å². The van der Waals surface area contributed by atoms with Crippen molar-refractivity contribution in [2.75, 3.05) is 19.3 Å². The second-order valence-corrected chi connectivity index (χ2v) is 9.09. The third-order valence-corrected chi connectivity index (χ3v) is 6.73. The molecule has 0 fully saturated rings. The smallest absolute Gasteiger partial charge is 0.225 e. The third-order valence-electron chi connectivity index (χ3n) is 5.61. The fourth-order valence-electron chi connectivity index (χ4n) is 3.21. The summed E-state index contributed by atoms with van der Waals surface area (Å²) in [5.74, 6) is 3.46. The summed E-state index contributed by atoms with van der Waals surface area (Å²) < 4.78 is 0. The van der Waals surface area contributed by atoms with E-state index in [0.717, 1.165) is 31.6 Å². The van der Waals surface area contributed by atoms with Crippen LogP contribution in [-0.4, -0.2) is 41.2 Å². The molecule has 25 heavy (non-hydrogen) atoms. The van der Waals surface area contributed by atoms with Gasteiger partial charge in [0.25, 0.3) is 0 Å². The van der Waals surface area contributed by atoms with Gasteiger partial charge in [0.05, 0.1) is 11.1 Å². The second-order valence-electron chi connectivity index (χ2n) is 7.99. The maximum atomic E-state index is 12.2. The zero-order chi connectivity index (χ0) is 19.0. The molecule has 1 heterocycles. The number of nitrogens with zero attached hydrogens (tertiary/aromatic N) is 2. The minimum atomic E-state index is 0.142. The lowest BCUT2D eigenvalue weighted by Gasteiger charge is -2.26. The summed E-state index contributed by atoms with van der Waals surface area (Å²) in [6.45, 7) is 15.8. The van der Waals surface area contributed by atoms with Crippen molar-refractivity contribution in [3.63, 3.8) is 0 Å². The molecule has 0 N–H and O–H groups in total. The number of rotatable bonds is 11. The topological polar surface area (TPSA) is 32.7 Å². The van der Waals surface area contributed by atoms with E-state index in [2.05, 4.69) is 34.3 Å². The number of carbonyl (C=O) groups excluding carboxylic acids is 1. The fraction of sp³-hybridized carbons (Fsp3) is 0.810. The van der Waals surface area contributed by atoms with E-state index in [1.54, 1.807) is 0 Å². The molecule has 3 nitrogen and oxygen atoms in total. The summed E-state index contributed by atoms with van der Waals surface area (Å²) in [6.07, 6.45) is 6.27. The van der Waals surface area contributed by atoms with Crippen molar-refractivity contribution in [3.05, 3.63) is 12.7 Å². The molecular weight excluding hydrogens is 328 g/mol. The van der Waals surface area contributed by atoms with Crippen molar-refractivity contribution in [2.45, 2.75) is 66.3 Å². The van der Waals surface area contributed by atoms with Crippen LogP contribution in [0.5, 0.6) is 0 Å². The minimum Gasteiger partial charge on any atom is -0.346 e. The highest BCUT2D eigenvalue weighted by Gasteiger charge is 2.22. The van der Waals surface area contributed by atoms with E-state index in [0.29, 0.717) is 23.8 Å². The third kappa shape index (κ3) is 7.55. The average Bonchev–Trinajstić information content (AvgIpc) is 3.05. The molecule has 0 aromatic heterocycles. The van der Waals surface area contributed by atoms with Gasteiger partial charge >= 0.3 is 0 Å². The predicted molar refractivity (Wildman–Crippen MR) is 112 cm³/mol. The zero-order valence-electron chi connectivity index (χ0n) is 17.1. The maximum Gasteiger partial charge on any atom is 0.225 e. The Bertz CT molecular complexity index is 463. The number of aliphatic imine (C=N–C) groups is 1. The lowest BCUT2D eigenvalue weighted by atomic mass is 9.84. The molecule has 0 bridgehead atoms. The SMILES string of the molecule is C=CC1CSC(CC(C)C(C)CC(C)CCN(C)C(=O)C(C)CC)=N1. The molecule has 0 aliphatic carbocycles. The first-order valence-electron chi connectivity index (χ1n) is 9.85. The number of hydrogen-bond acceptors (Lipinski definition) is 3. The van der Waals surface area contributed by atoms with Crippen LogP contribution in [0.4, 0.5) is 0 Å². The predicted octanol–water partition coefficient (Wildman–Crippen LogP) is 5.27. The Hall–Kier alpha value is -0.770. The molecule has 5 unspecified atom stereocenters. The Balaban J connectivity index is 2.34. The van der Waals surface area contributed by atoms with Crippen LogP contribution in [0.1, 0.15) is 60.3 Å². The van der Waals surface area contributed by atoms with Gasteiger partial charge < -0.3 is 4.90 Å². The highest BCUT2D eigenvalue weighted by atomic mass is 32.2. The Labute approximate surface area is 159 Å². The lowest BCUT2D eigenvalue weighted by Crippen LogP contribution is -2.33. The van der Waals surface area contributed by atoms with Crippen molar-refractivity contribution in [3.8, 4) is 0 Å². The molecule has 1 rings (SSSR count). The number of hydrogen-bond donors (Lipinski definition) is 0. The van der Waals surface area contributed by atoms with Crippen LogP contribution in [0.2, 0.25) is 0 Å². The Kier molecular flexibility index (Phi) is 9.84. The molecule has 1 aliphatic rings. The fourth-order valence-corrected chi connectivity index (χ4v) is 4.37. The Morgan fingerprint density at radius 2 is 2.04 bits per heavy atom. The normalized spacial score (nSPS) is 22.0. The van der Waals surface area contributed by atoms with Crippen molar-refractivity contribution in [2.24, 2.45) is 28.7 Å². The van der Waals surface area contributed by atoms with E-state index < -0.39 is 0 Å². The molecule has 144 valence electrons. The zero-order valence-corrected chi connectivity index (χ0v) is 17.9. The van der Waals surface area contributed by atoms with Crippen molar-refractivity contribution in [1.82, 2.24) is 4.90 Å². The van der Waals surface area contributed by atoms with Crippen LogP contribution in [0.25, 0.3) is 0 Å². The van der Waals surface area contributed by atoms with Crippen LogP contribution in [-0.2, 0) is 4.79 Å². The van der Waals surface area contributed by atoms with E-state index in [-0.39, 0.29) is 11.8 Å². The minimum absolute atomic E-state index is 0.142. The van der Waals surface area contributed by atoms with Gasteiger partial charge in [0.2, 0.25) is 5.91 Å². The van der Waals surface area contributed by atoms with Gasteiger partial charge in [-0.2, -0.15) is 0 Å². The van der Waals surface area contributed by atoms with E-state index in [1.165, 1.54) is 11.5 Å². The van der Waals surface area contributed by atoms with E-state index in [1.807, 2.05) is 36.7 Å². The Morgan fingerprint density at radius 1 is 1.36 bits per heavy atom. The molecule has 4 heteroatoms. The molecular formula is C21H38N2OS. The summed E-state index contributed by atoms with van der Waals surface area (Å²) in [7, 11) is 1.94. The monoisotopic (exact) mass is 366 g/mol. The first-order chi connectivity index (χ1) is 11.8. The quantitative estimate of drug-likeness (QED) is 0.467. The maximum absolute atomic E-state index is 12.2. The first-order valence-corrected chi connectivity index (χ1v) is 10.8. The van der Waals surface area contributed by atoms with Crippen LogP contribution < -0.4 is 0 Å². The largest absolute Gasteiger partial charge is 0.346 e. The highest BCUT2D eigenvalue weighted by molar-refractivity contribution is 8.14. The van der Waals surface area contributed by atoms with Crippen molar-refractivity contribution >= 4 is 22.7 Å². The van der Waals surface area contributed by atoms with Gasteiger partial charge in [-0.25, -0.2) is 0 Å². The molecule has 5 atom stereocenters. The summed E-state index contributed by atoms with van der Waals surface area (Å²) in [5.41, 5.74) is 0. The number of carbonyl (C=O) groups is 1. The van der Waals surface area contributed by atoms with Gasteiger partial charge in [-0.3, -0.25) is 9.79 Å². The first kappa shape index (κ1) is 22.3. The molecule has 1 aliphatic heterocycles. The van der Waals surface area contributed by atoms with E-state index >= 15 is 0 Å². The van der Waals surface area contributed by atoms with Gasteiger partial charge in [-0.1, -0.05) is 40.7 Å². The van der Waals surface area contributed by atoms with Crippen LogP contribution in [0, 0.1) is 23.7 Å². The highest BCUT2D eigenvalue weighted by Crippen LogP contribution is 2.29. The Morgan fingerprint density at radius 3 is 2.60 bits per heavy atom. The van der Waals surface area contributed by atoms with Gasteiger partial charge in [0.15, 0.2) is 0 Å². The summed E-state index contributed by atoms with van der Waals surface area (Å²) in [5, 5.41) is 1.30. The number of amides is 1. The molecule has 0 saturated heterocycles. The summed E-state index contributed by atoms with van der Waals surface area (Å²) >= 11 is 1.90. The van der Waals surface area contributed by atoms with Crippen LogP contribution >= 0.6 is 11.8 Å². The standard InChI is InChI=1S/C21H38N2OS/c1-8-16(4)21(24)23(7)11-10-15(3)12-17(5)18(6)13-20-22-19(9-2)14-25-20/h9,15-19H,2,8,10-14H2,1,3-7H3. The van der Waals surface area contributed by atoms with Gasteiger partial charge in [-0.05, 0) is 43.4 Å². The van der Waals surface area contributed by atoms with Crippen molar-refractivity contribution < 1.29 is 4.79 Å². The molecule has 0 aromatic carbocycles. The van der Waals surface area contributed by atoms with Crippen LogP contribution in [0.3, 0.4) is 0 Å². The molecule has 0 spiro atoms. The summed E-state index contributed by atoms with van der Waals surface area (Å²) in [6, 6.07) is 0.319. The van der Waals surface area contributed by atoms with Crippen molar-refractivity contribution in [1.29, 1.82) is 0 Å². The molecule has 0 radical (unpaired) electrons. The molecule has 1 amide bonds.